The quantitative estimate of drug-likeness (QED) is 0.872. The molecule has 0 bridgehead atoms. The number of carboxylic acid groups (broad SMARTS) is 1. The van der Waals surface area contributed by atoms with E-state index in [4.69, 9.17) is 0 Å². The first-order valence-electron chi connectivity index (χ1n) is 5.81. The van der Waals surface area contributed by atoms with Crippen LogP contribution in [0.4, 0.5) is 0 Å². The van der Waals surface area contributed by atoms with Gasteiger partial charge in [0.2, 0.25) is 0 Å². The normalized spacial score (nSPS) is 15.0. The van der Waals surface area contributed by atoms with Gasteiger partial charge < -0.3 is 5.11 Å². The number of likely N-dealkylation sites (N-methyl/N-ethyl adjacent to an activating group) is 1. The second-order valence-corrected chi connectivity index (χ2v) is 5.05. The van der Waals surface area contributed by atoms with Crippen LogP contribution in [-0.4, -0.2) is 30.1 Å². The van der Waals surface area contributed by atoms with Crippen LogP contribution >= 0.6 is 0 Å². The third-order valence-electron chi connectivity index (χ3n) is 3.45. The van der Waals surface area contributed by atoms with Crippen molar-refractivity contribution in [3.63, 3.8) is 0 Å². The predicted molar refractivity (Wildman–Crippen MR) is 69.2 cm³/mol. The highest BCUT2D eigenvalue weighted by atomic mass is 16.4. The number of aliphatic carboxylic acids is 1. The molecule has 0 aliphatic rings. The number of hydrogen-bond donors (Lipinski definition) is 1. The Balaban J connectivity index is 3.18. The van der Waals surface area contributed by atoms with Crippen LogP contribution in [0.5, 0.6) is 0 Å². The fourth-order valence-electron chi connectivity index (χ4n) is 1.77. The van der Waals surface area contributed by atoms with Crippen molar-refractivity contribution in [2.75, 3.05) is 14.1 Å². The van der Waals surface area contributed by atoms with Gasteiger partial charge >= 0.3 is 5.97 Å². The lowest BCUT2D eigenvalue weighted by atomic mass is 9.89. The molecule has 0 saturated carbocycles. The maximum absolute atomic E-state index is 11.4. The highest BCUT2D eigenvalue weighted by Gasteiger charge is 2.37. The first kappa shape index (κ1) is 13.7. The number of nitrogens with zero attached hydrogens (tertiary/aromatic N) is 1. The number of rotatable bonds is 4. The van der Waals surface area contributed by atoms with Gasteiger partial charge in [-0.3, -0.25) is 4.90 Å². The Morgan fingerprint density at radius 1 is 1.24 bits per heavy atom. The summed E-state index contributed by atoms with van der Waals surface area (Å²) in [4.78, 5) is 13.2. The van der Waals surface area contributed by atoms with Crippen molar-refractivity contribution in [2.45, 2.75) is 32.2 Å². The molecular formula is C14H21NO2. The van der Waals surface area contributed by atoms with Crippen molar-refractivity contribution in [3.8, 4) is 0 Å². The SMILES string of the molecule is CC(C)c1ccc(C(C)(C(=O)O)N(C)C)cc1. The van der Waals surface area contributed by atoms with E-state index in [0.29, 0.717) is 5.92 Å². The first-order chi connectivity index (χ1) is 7.80. The summed E-state index contributed by atoms with van der Waals surface area (Å²) in [5.41, 5.74) is 1.05. The summed E-state index contributed by atoms with van der Waals surface area (Å²) in [6.45, 7) is 5.97. The van der Waals surface area contributed by atoms with Gasteiger partial charge in [-0.2, -0.15) is 0 Å². The van der Waals surface area contributed by atoms with E-state index in [9.17, 15) is 9.90 Å². The standard InChI is InChI=1S/C14H21NO2/c1-10(2)11-6-8-12(9-7-11)14(3,13(16)17)15(4)5/h6-10H,1-5H3,(H,16,17). The maximum Gasteiger partial charge on any atom is 0.328 e. The third kappa shape index (κ3) is 2.50. The average molecular weight is 235 g/mol. The van der Waals surface area contributed by atoms with Gasteiger partial charge in [0.15, 0.2) is 0 Å². The van der Waals surface area contributed by atoms with Crippen LogP contribution in [0.2, 0.25) is 0 Å². The van der Waals surface area contributed by atoms with Gasteiger partial charge in [-0.25, -0.2) is 4.79 Å². The number of hydrogen-bond acceptors (Lipinski definition) is 2. The number of carboxylic acids is 1. The summed E-state index contributed by atoms with van der Waals surface area (Å²) in [6.07, 6.45) is 0. The summed E-state index contributed by atoms with van der Waals surface area (Å²) >= 11 is 0. The van der Waals surface area contributed by atoms with E-state index in [1.165, 1.54) is 5.56 Å². The van der Waals surface area contributed by atoms with Gasteiger partial charge in [0.1, 0.15) is 5.54 Å². The fourth-order valence-corrected chi connectivity index (χ4v) is 1.77. The smallest absolute Gasteiger partial charge is 0.328 e. The Morgan fingerprint density at radius 3 is 2.00 bits per heavy atom. The van der Waals surface area contributed by atoms with Crippen molar-refractivity contribution in [2.24, 2.45) is 0 Å². The first-order valence-corrected chi connectivity index (χ1v) is 5.81. The second kappa shape index (κ2) is 4.88. The Morgan fingerprint density at radius 2 is 1.71 bits per heavy atom. The van der Waals surface area contributed by atoms with Crippen LogP contribution in [-0.2, 0) is 10.3 Å². The van der Waals surface area contributed by atoms with Crippen LogP contribution in [0.3, 0.4) is 0 Å². The summed E-state index contributed by atoms with van der Waals surface area (Å²) in [5, 5.41) is 9.39. The molecule has 1 atom stereocenters. The van der Waals surface area contributed by atoms with Gasteiger partial charge in [-0.05, 0) is 38.1 Å². The Hall–Kier alpha value is -1.35. The Kier molecular flexibility index (Phi) is 3.94. The van der Waals surface area contributed by atoms with Crippen molar-refractivity contribution in [1.29, 1.82) is 0 Å². The van der Waals surface area contributed by atoms with Gasteiger partial charge in [0, 0.05) is 0 Å². The molecule has 3 heteroatoms. The van der Waals surface area contributed by atoms with E-state index in [-0.39, 0.29) is 0 Å². The molecule has 1 unspecified atom stereocenters. The topological polar surface area (TPSA) is 40.5 Å². The molecule has 94 valence electrons. The minimum Gasteiger partial charge on any atom is -0.480 e. The molecule has 1 N–H and O–H groups in total. The molecule has 0 amide bonds. The summed E-state index contributed by atoms with van der Waals surface area (Å²) in [7, 11) is 3.56. The van der Waals surface area contributed by atoms with Crippen LogP contribution in [0, 0.1) is 0 Å². The van der Waals surface area contributed by atoms with E-state index in [1.807, 2.05) is 24.3 Å². The van der Waals surface area contributed by atoms with Crippen molar-refractivity contribution >= 4 is 5.97 Å². The lowest BCUT2D eigenvalue weighted by Gasteiger charge is -2.32. The minimum absolute atomic E-state index is 0.458. The monoisotopic (exact) mass is 235 g/mol. The summed E-state index contributed by atoms with van der Waals surface area (Å²) in [6, 6.07) is 7.82. The lowest BCUT2D eigenvalue weighted by Crippen LogP contribution is -2.45. The van der Waals surface area contributed by atoms with Gasteiger partial charge in [0.05, 0.1) is 0 Å². The van der Waals surface area contributed by atoms with Crippen LogP contribution < -0.4 is 0 Å². The van der Waals surface area contributed by atoms with E-state index in [2.05, 4.69) is 13.8 Å². The molecule has 0 aliphatic carbocycles. The van der Waals surface area contributed by atoms with Crippen molar-refractivity contribution in [1.82, 2.24) is 4.90 Å². The lowest BCUT2D eigenvalue weighted by molar-refractivity contribution is -0.149. The van der Waals surface area contributed by atoms with Crippen LogP contribution in [0.15, 0.2) is 24.3 Å². The van der Waals surface area contributed by atoms with Crippen LogP contribution in [0.1, 0.15) is 37.8 Å². The average Bonchev–Trinajstić information content (AvgIpc) is 2.27. The number of benzene rings is 1. The zero-order valence-electron chi connectivity index (χ0n) is 11.2. The van der Waals surface area contributed by atoms with E-state index < -0.39 is 11.5 Å². The van der Waals surface area contributed by atoms with Gasteiger partial charge in [-0.15, -0.1) is 0 Å². The molecule has 17 heavy (non-hydrogen) atoms. The van der Waals surface area contributed by atoms with Crippen molar-refractivity contribution < 1.29 is 9.90 Å². The van der Waals surface area contributed by atoms with E-state index in [1.54, 1.807) is 25.9 Å². The fraction of sp³-hybridized carbons (Fsp3) is 0.500. The molecule has 0 heterocycles. The maximum atomic E-state index is 11.4. The molecule has 0 fully saturated rings. The van der Waals surface area contributed by atoms with E-state index >= 15 is 0 Å². The zero-order valence-corrected chi connectivity index (χ0v) is 11.2. The summed E-state index contributed by atoms with van der Waals surface area (Å²) < 4.78 is 0. The van der Waals surface area contributed by atoms with Gasteiger partial charge in [0.25, 0.3) is 0 Å². The highest BCUT2D eigenvalue weighted by molar-refractivity contribution is 5.80. The minimum atomic E-state index is -0.977. The zero-order chi connectivity index (χ0) is 13.2. The Labute approximate surface area is 103 Å². The van der Waals surface area contributed by atoms with Crippen LogP contribution in [0.25, 0.3) is 0 Å². The molecule has 0 radical (unpaired) electrons. The predicted octanol–water partition coefficient (Wildman–Crippen LogP) is 2.67. The second-order valence-electron chi connectivity index (χ2n) is 5.05. The van der Waals surface area contributed by atoms with Crippen molar-refractivity contribution in [3.05, 3.63) is 35.4 Å². The number of carbonyl (C=O) groups is 1. The highest BCUT2D eigenvalue weighted by Crippen LogP contribution is 2.27. The third-order valence-corrected chi connectivity index (χ3v) is 3.45. The Bertz CT molecular complexity index is 395. The molecule has 1 rings (SSSR count). The van der Waals surface area contributed by atoms with E-state index in [0.717, 1.165) is 5.56 Å². The summed E-state index contributed by atoms with van der Waals surface area (Å²) in [5.74, 6) is -0.376. The molecule has 1 aromatic rings. The molecular weight excluding hydrogens is 214 g/mol. The molecule has 0 saturated heterocycles. The molecule has 0 spiro atoms. The molecule has 0 aliphatic heterocycles. The molecule has 1 aromatic carbocycles. The van der Waals surface area contributed by atoms with Gasteiger partial charge in [-0.1, -0.05) is 38.1 Å². The molecule has 3 nitrogen and oxygen atoms in total. The largest absolute Gasteiger partial charge is 0.480 e. The molecule has 0 aromatic heterocycles.